The summed E-state index contributed by atoms with van der Waals surface area (Å²) < 4.78 is 4.81. The quantitative estimate of drug-likeness (QED) is 0.0757. The van der Waals surface area contributed by atoms with Gasteiger partial charge < -0.3 is 41.5 Å². The van der Waals surface area contributed by atoms with Gasteiger partial charge in [0.05, 0.1) is 33.5 Å². The fourth-order valence-electron chi connectivity index (χ4n) is 2.64. The Morgan fingerprint density at radius 3 is 2.03 bits per heavy atom. The van der Waals surface area contributed by atoms with Crippen molar-refractivity contribution in [3.63, 3.8) is 0 Å². The summed E-state index contributed by atoms with van der Waals surface area (Å²) in [5.74, 6) is -5.88. The van der Waals surface area contributed by atoms with Gasteiger partial charge in [-0.3, -0.25) is 30.3 Å². The number of guanidine groups is 1. The number of carbonyl (C=O) groups is 1. The molecule has 4 atom stereocenters. The van der Waals surface area contributed by atoms with E-state index < -0.39 is 85.5 Å². The molecule has 1 aliphatic heterocycles. The number of benzene rings is 1. The molecule has 1 aliphatic rings. The SMILES string of the molecule is NC(N)=NC(=O)N(Oc1c([N+](=O)[O-])cc([N+](=O)[O-])cc1[N+](=O)[O-])[C@]1(O)O[C@H](CO)[C@@H](O)[C@H]1O. The molecule has 0 aliphatic carbocycles. The Kier molecular flexibility index (Phi) is 6.89. The molecule has 0 saturated carbocycles. The molecular formula is C13H15N7O13. The molecule has 1 aromatic carbocycles. The van der Waals surface area contributed by atoms with E-state index in [9.17, 15) is 55.6 Å². The molecule has 0 unspecified atom stereocenters. The molecule has 2 rings (SSSR count). The first kappa shape index (κ1) is 25.0. The van der Waals surface area contributed by atoms with Crippen molar-refractivity contribution < 1.29 is 49.6 Å². The molecular weight excluding hydrogens is 462 g/mol. The Bertz CT molecular complexity index is 993. The standard InChI is InChI=1S/C13H15N7O13/c14-11(15)16-12(24)17(13(25)10(23)8(22)7(3-21)32-13)33-9-5(19(28)29)1-4(18(26)27)2-6(9)20(30)31/h1-2,7-8,10,21-23,25H,3H2,(H4,14,15,16,24)/t7-,8-,10-,13-/m1/s1. The van der Waals surface area contributed by atoms with E-state index in [1.165, 1.54) is 0 Å². The summed E-state index contributed by atoms with van der Waals surface area (Å²) in [5, 5.41) is 73.2. The fourth-order valence-corrected chi connectivity index (χ4v) is 2.64. The minimum Gasteiger partial charge on any atom is -0.394 e. The number of nitro benzene ring substituents is 3. The highest BCUT2D eigenvalue weighted by Crippen LogP contribution is 2.43. The van der Waals surface area contributed by atoms with Crippen LogP contribution in [0.15, 0.2) is 17.1 Å². The minimum absolute atomic E-state index is 0.243. The van der Waals surface area contributed by atoms with E-state index in [-0.39, 0.29) is 12.1 Å². The van der Waals surface area contributed by atoms with Crippen LogP contribution in [0.25, 0.3) is 0 Å². The van der Waals surface area contributed by atoms with E-state index in [4.69, 9.17) is 21.0 Å². The van der Waals surface area contributed by atoms with Crippen LogP contribution in [0.1, 0.15) is 0 Å². The van der Waals surface area contributed by atoms with Crippen LogP contribution in [-0.4, -0.2) is 83.1 Å². The molecule has 2 amide bonds. The molecule has 20 heteroatoms. The van der Waals surface area contributed by atoms with Crippen LogP contribution in [0.2, 0.25) is 0 Å². The van der Waals surface area contributed by atoms with E-state index >= 15 is 0 Å². The number of amides is 2. The zero-order chi connectivity index (χ0) is 25.2. The molecule has 0 aromatic heterocycles. The van der Waals surface area contributed by atoms with Crippen LogP contribution in [0, 0.1) is 30.3 Å². The molecule has 0 bridgehead atoms. The number of non-ortho nitro benzene ring substituents is 1. The Hall–Kier alpha value is -4.24. The second-order valence-corrected chi connectivity index (χ2v) is 6.22. The van der Waals surface area contributed by atoms with Crippen molar-refractivity contribution in [2.45, 2.75) is 24.2 Å². The molecule has 8 N–H and O–H groups in total. The lowest BCUT2D eigenvalue weighted by atomic mass is 10.1. The first-order valence-corrected chi connectivity index (χ1v) is 8.34. The fraction of sp³-hybridized carbons (Fsp3) is 0.385. The van der Waals surface area contributed by atoms with Crippen LogP contribution in [0.4, 0.5) is 21.9 Å². The number of nitro groups is 3. The molecule has 1 heterocycles. The monoisotopic (exact) mass is 477 g/mol. The number of carbonyl (C=O) groups excluding carboxylic acids is 1. The third-order valence-corrected chi connectivity index (χ3v) is 4.11. The Balaban J connectivity index is 2.75. The number of nitrogens with zero attached hydrogens (tertiary/aromatic N) is 5. The highest BCUT2D eigenvalue weighted by Gasteiger charge is 2.61. The summed E-state index contributed by atoms with van der Waals surface area (Å²) in [6.07, 6.45) is -6.31. The van der Waals surface area contributed by atoms with Gasteiger partial charge in [-0.25, -0.2) is 4.79 Å². The third kappa shape index (κ3) is 4.68. The zero-order valence-electron chi connectivity index (χ0n) is 15.9. The van der Waals surface area contributed by atoms with Gasteiger partial charge in [0.2, 0.25) is 0 Å². The number of aliphatic hydroxyl groups is 4. The number of aliphatic hydroxyl groups excluding tert-OH is 3. The molecule has 1 fully saturated rings. The highest BCUT2D eigenvalue weighted by atomic mass is 16.8. The first-order chi connectivity index (χ1) is 15.2. The molecule has 20 nitrogen and oxygen atoms in total. The van der Waals surface area contributed by atoms with Crippen LogP contribution < -0.4 is 16.3 Å². The zero-order valence-corrected chi connectivity index (χ0v) is 15.9. The Morgan fingerprint density at radius 1 is 1.15 bits per heavy atom. The normalized spacial score (nSPS) is 24.1. The van der Waals surface area contributed by atoms with E-state index in [0.29, 0.717) is 0 Å². The van der Waals surface area contributed by atoms with Crippen LogP contribution in [0.5, 0.6) is 5.75 Å². The van der Waals surface area contributed by atoms with Crippen LogP contribution in [0.3, 0.4) is 0 Å². The summed E-state index contributed by atoms with van der Waals surface area (Å²) in [6.45, 7) is -1.03. The van der Waals surface area contributed by atoms with Crippen molar-refractivity contribution in [3.8, 4) is 5.75 Å². The maximum absolute atomic E-state index is 12.4. The van der Waals surface area contributed by atoms with Gasteiger partial charge in [-0.1, -0.05) is 5.06 Å². The van der Waals surface area contributed by atoms with Crippen molar-refractivity contribution >= 4 is 29.1 Å². The predicted octanol–water partition coefficient (Wildman–Crippen LogP) is -2.84. The van der Waals surface area contributed by atoms with Crippen molar-refractivity contribution in [1.29, 1.82) is 0 Å². The summed E-state index contributed by atoms with van der Waals surface area (Å²) >= 11 is 0. The van der Waals surface area contributed by atoms with Crippen LogP contribution in [-0.2, 0) is 4.74 Å². The predicted molar refractivity (Wildman–Crippen MR) is 99.0 cm³/mol. The maximum atomic E-state index is 12.4. The van der Waals surface area contributed by atoms with Gasteiger partial charge in [0.25, 0.3) is 5.69 Å². The molecule has 0 radical (unpaired) electrons. The van der Waals surface area contributed by atoms with E-state index in [1.54, 1.807) is 0 Å². The lowest BCUT2D eigenvalue weighted by Crippen LogP contribution is -2.60. The van der Waals surface area contributed by atoms with Crippen molar-refractivity contribution in [3.05, 3.63) is 42.5 Å². The van der Waals surface area contributed by atoms with E-state index in [2.05, 4.69) is 4.99 Å². The van der Waals surface area contributed by atoms with Gasteiger partial charge in [-0.2, -0.15) is 4.99 Å². The average Bonchev–Trinajstić information content (AvgIpc) is 2.94. The summed E-state index contributed by atoms with van der Waals surface area (Å²) in [5.41, 5.74) is 6.15. The van der Waals surface area contributed by atoms with Gasteiger partial charge in [0, 0.05) is 0 Å². The lowest BCUT2D eigenvalue weighted by Gasteiger charge is -2.34. The van der Waals surface area contributed by atoms with E-state index in [1.807, 2.05) is 0 Å². The van der Waals surface area contributed by atoms with Gasteiger partial charge >= 0.3 is 29.1 Å². The second kappa shape index (κ2) is 9.09. The smallest absolute Gasteiger partial charge is 0.384 e. The van der Waals surface area contributed by atoms with Crippen molar-refractivity contribution in [2.75, 3.05) is 6.61 Å². The maximum Gasteiger partial charge on any atom is 0.384 e. The number of urea groups is 1. The largest absolute Gasteiger partial charge is 0.394 e. The highest BCUT2D eigenvalue weighted by molar-refractivity contribution is 5.90. The van der Waals surface area contributed by atoms with E-state index in [0.717, 1.165) is 0 Å². The first-order valence-electron chi connectivity index (χ1n) is 8.34. The minimum atomic E-state index is -3.47. The van der Waals surface area contributed by atoms with Gasteiger partial charge in [0.15, 0.2) is 12.1 Å². The third-order valence-electron chi connectivity index (χ3n) is 4.11. The Labute approximate surface area is 180 Å². The Morgan fingerprint density at radius 2 is 1.67 bits per heavy atom. The van der Waals surface area contributed by atoms with Gasteiger partial charge in [-0.15, -0.1) is 0 Å². The topological polar surface area (TPSA) is 314 Å². The number of aliphatic imine (C=N–C) groups is 1. The summed E-state index contributed by atoms with van der Waals surface area (Å²) in [7, 11) is 0. The van der Waals surface area contributed by atoms with Crippen molar-refractivity contribution in [1.82, 2.24) is 5.06 Å². The molecule has 1 saturated heterocycles. The molecule has 180 valence electrons. The second-order valence-electron chi connectivity index (χ2n) is 6.22. The molecule has 0 spiro atoms. The lowest BCUT2D eigenvalue weighted by molar-refractivity contribution is -0.409. The van der Waals surface area contributed by atoms with Gasteiger partial charge in [0.1, 0.15) is 12.2 Å². The van der Waals surface area contributed by atoms with Crippen LogP contribution >= 0.6 is 0 Å². The number of hydroxylamine groups is 2. The summed E-state index contributed by atoms with van der Waals surface area (Å²) in [4.78, 5) is 50.2. The number of hydrogen-bond donors (Lipinski definition) is 6. The van der Waals surface area contributed by atoms with Gasteiger partial charge in [-0.05, 0) is 0 Å². The molecule has 33 heavy (non-hydrogen) atoms. The number of ether oxygens (including phenoxy) is 1. The average molecular weight is 477 g/mol. The molecule has 1 aromatic rings. The number of nitrogens with two attached hydrogens (primary N) is 2. The van der Waals surface area contributed by atoms with Crippen molar-refractivity contribution in [2.24, 2.45) is 16.5 Å². The number of hydrogen-bond acceptors (Lipinski definition) is 13. The number of rotatable bonds is 7. The summed E-state index contributed by atoms with van der Waals surface area (Å²) in [6, 6.07) is -1.37.